The van der Waals surface area contributed by atoms with Gasteiger partial charge in [0.1, 0.15) is 0 Å². The highest BCUT2D eigenvalue weighted by atomic mass is 79.9. The van der Waals surface area contributed by atoms with E-state index in [-0.39, 0.29) is 11.2 Å². The molecule has 0 fully saturated rings. The Labute approximate surface area is 130 Å². The molecule has 0 saturated carbocycles. The fraction of sp³-hybridized carbons (Fsp3) is 0.500. The van der Waals surface area contributed by atoms with Gasteiger partial charge in [-0.2, -0.15) is 0 Å². The summed E-state index contributed by atoms with van der Waals surface area (Å²) in [5.41, 5.74) is 1.41. The average Bonchev–Trinajstić information content (AvgIpc) is 2.76. The number of allylic oxidation sites excluding steroid dienone is 2. The SMILES string of the molecule is CCCn1c(=O)c2c(nc(Br)n2CC=C(C)C)n(C)c1=O. The van der Waals surface area contributed by atoms with E-state index in [9.17, 15) is 9.59 Å². The molecule has 0 bridgehead atoms. The van der Waals surface area contributed by atoms with Crippen LogP contribution < -0.4 is 11.2 Å². The fourth-order valence-corrected chi connectivity index (χ4v) is 2.70. The second kappa shape index (κ2) is 6.01. The lowest BCUT2D eigenvalue weighted by molar-refractivity contribution is 0.590. The Morgan fingerprint density at radius 3 is 2.52 bits per heavy atom. The first-order valence-electron chi connectivity index (χ1n) is 6.87. The van der Waals surface area contributed by atoms with Gasteiger partial charge in [0.15, 0.2) is 15.9 Å². The van der Waals surface area contributed by atoms with Crippen molar-refractivity contribution >= 4 is 27.1 Å². The number of imidazole rings is 1. The molecule has 2 aromatic rings. The van der Waals surface area contributed by atoms with Gasteiger partial charge >= 0.3 is 5.69 Å². The van der Waals surface area contributed by atoms with Gasteiger partial charge in [-0.25, -0.2) is 9.78 Å². The molecule has 6 nitrogen and oxygen atoms in total. The Morgan fingerprint density at radius 2 is 1.95 bits per heavy atom. The predicted molar refractivity (Wildman–Crippen MR) is 86.7 cm³/mol. The standard InChI is InChI=1S/C14H19BrN4O2/c1-5-7-19-12(20)10-11(17(4)14(19)21)16-13(15)18(10)8-6-9(2)3/h6H,5,7-8H2,1-4H3. The van der Waals surface area contributed by atoms with Crippen molar-refractivity contribution in [2.75, 3.05) is 0 Å². The summed E-state index contributed by atoms with van der Waals surface area (Å²) >= 11 is 3.38. The van der Waals surface area contributed by atoms with Gasteiger partial charge in [-0.3, -0.25) is 13.9 Å². The highest BCUT2D eigenvalue weighted by molar-refractivity contribution is 9.10. The lowest BCUT2D eigenvalue weighted by atomic mass is 10.3. The molecule has 0 atom stereocenters. The van der Waals surface area contributed by atoms with Crippen LogP contribution in [0.4, 0.5) is 0 Å². The average molecular weight is 355 g/mol. The third-order valence-electron chi connectivity index (χ3n) is 3.32. The van der Waals surface area contributed by atoms with Crippen LogP contribution in [0.3, 0.4) is 0 Å². The molecule has 0 N–H and O–H groups in total. The Balaban J connectivity index is 2.83. The van der Waals surface area contributed by atoms with E-state index >= 15 is 0 Å². The molecular weight excluding hydrogens is 336 g/mol. The lowest BCUT2D eigenvalue weighted by Gasteiger charge is -2.08. The van der Waals surface area contributed by atoms with Gasteiger partial charge in [0, 0.05) is 20.1 Å². The van der Waals surface area contributed by atoms with E-state index in [1.165, 1.54) is 9.13 Å². The van der Waals surface area contributed by atoms with Crippen molar-refractivity contribution in [1.82, 2.24) is 18.7 Å². The highest BCUT2D eigenvalue weighted by Crippen LogP contribution is 2.16. The highest BCUT2D eigenvalue weighted by Gasteiger charge is 2.18. The summed E-state index contributed by atoms with van der Waals surface area (Å²) in [6, 6.07) is 0. The van der Waals surface area contributed by atoms with E-state index in [1.54, 1.807) is 11.6 Å². The second-order valence-electron chi connectivity index (χ2n) is 5.24. The Bertz CT molecular complexity index is 822. The van der Waals surface area contributed by atoms with Crippen molar-refractivity contribution in [2.24, 2.45) is 7.05 Å². The van der Waals surface area contributed by atoms with Crippen molar-refractivity contribution in [3.8, 4) is 0 Å². The molecule has 0 radical (unpaired) electrons. The molecule has 2 aromatic heterocycles. The Kier molecular flexibility index (Phi) is 4.51. The molecule has 0 aliphatic rings. The summed E-state index contributed by atoms with van der Waals surface area (Å²) in [5.74, 6) is 0. The first-order valence-corrected chi connectivity index (χ1v) is 7.66. The Morgan fingerprint density at radius 1 is 1.29 bits per heavy atom. The van der Waals surface area contributed by atoms with Crippen molar-refractivity contribution in [3.63, 3.8) is 0 Å². The molecule has 21 heavy (non-hydrogen) atoms. The zero-order valence-corrected chi connectivity index (χ0v) is 14.3. The molecule has 0 amide bonds. The van der Waals surface area contributed by atoms with Crippen molar-refractivity contribution in [3.05, 3.63) is 37.2 Å². The van der Waals surface area contributed by atoms with E-state index in [0.717, 1.165) is 12.0 Å². The summed E-state index contributed by atoms with van der Waals surface area (Å²) in [6.45, 7) is 6.88. The van der Waals surface area contributed by atoms with E-state index in [1.807, 2.05) is 26.8 Å². The van der Waals surface area contributed by atoms with Gasteiger partial charge in [-0.15, -0.1) is 0 Å². The molecular formula is C14H19BrN4O2. The summed E-state index contributed by atoms with van der Waals surface area (Å²) in [4.78, 5) is 29.2. The fourth-order valence-electron chi connectivity index (χ4n) is 2.21. The molecule has 0 unspecified atom stereocenters. The molecule has 0 aliphatic carbocycles. The molecule has 0 aromatic carbocycles. The Hall–Kier alpha value is -1.63. The molecule has 0 aliphatic heterocycles. The summed E-state index contributed by atoms with van der Waals surface area (Å²) in [6.07, 6.45) is 2.74. The number of nitrogens with zero attached hydrogens (tertiary/aromatic N) is 4. The summed E-state index contributed by atoms with van der Waals surface area (Å²) in [5, 5.41) is 0. The molecule has 0 spiro atoms. The van der Waals surface area contributed by atoms with Gasteiger partial charge in [0.25, 0.3) is 5.56 Å². The van der Waals surface area contributed by atoms with Crippen LogP contribution in [-0.4, -0.2) is 18.7 Å². The number of rotatable bonds is 4. The first-order chi connectivity index (χ1) is 9.88. The zero-order valence-electron chi connectivity index (χ0n) is 12.7. The monoisotopic (exact) mass is 354 g/mol. The molecule has 114 valence electrons. The third-order valence-corrected chi connectivity index (χ3v) is 3.92. The molecule has 7 heteroatoms. The topological polar surface area (TPSA) is 61.8 Å². The number of hydrogen-bond donors (Lipinski definition) is 0. The predicted octanol–water partition coefficient (Wildman–Crippen LogP) is 2.04. The van der Waals surface area contributed by atoms with E-state index < -0.39 is 0 Å². The van der Waals surface area contributed by atoms with E-state index in [0.29, 0.717) is 29.0 Å². The van der Waals surface area contributed by atoms with E-state index in [4.69, 9.17) is 0 Å². The van der Waals surface area contributed by atoms with Crippen LogP contribution in [0.2, 0.25) is 0 Å². The van der Waals surface area contributed by atoms with Crippen LogP contribution in [0.1, 0.15) is 27.2 Å². The summed E-state index contributed by atoms with van der Waals surface area (Å²) < 4.78 is 5.04. The minimum atomic E-state index is -0.325. The van der Waals surface area contributed by atoms with Gasteiger partial charge in [0.05, 0.1) is 0 Å². The molecule has 2 heterocycles. The van der Waals surface area contributed by atoms with Crippen molar-refractivity contribution in [1.29, 1.82) is 0 Å². The minimum absolute atomic E-state index is 0.282. The quantitative estimate of drug-likeness (QED) is 0.623. The summed E-state index contributed by atoms with van der Waals surface area (Å²) in [7, 11) is 1.64. The number of fused-ring (bicyclic) bond motifs is 1. The maximum absolute atomic E-state index is 12.6. The zero-order chi connectivity index (χ0) is 15.7. The normalized spacial score (nSPS) is 11.1. The van der Waals surface area contributed by atoms with Gasteiger partial charge < -0.3 is 4.57 Å². The minimum Gasteiger partial charge on any atom is -0.309 e. The van der Waals surface area contributed by atoms with Crippen molar-refractivity contribution in [2.45, 2.75) is 40.3 Å². The number of aromatic nitrogens is 4. The third kappa shape index (κ3) is 2.74. The number of aryl methyl sites for hydroxylation is 1. The smallest absolute Gasteiger partial charge is 0.309 e. The van der Waals surface area contributed by atoms with Crippen molar-refractivity contribution < 1.29 is 0 Å². The van der Waals surface area contributed by atoms with Crippen LogP contribution in [0.15, 0.2) is 26.0 Å². The maximum atomic E-state index is 12.6. The first kappa shape index (κ1) is 15.8. The lowest BCUT2D eigenvalue weighted by Crippen LogP contribution is -2.39. The molecule has 2 rings (SSSR count). The van der Waals surface area contributed by atoms with Gasteiger partial charge in [-0.1, -0.05) is 18.6 Å². The van der Waals surface area contributed by atoms with Crippen LogP contribution in [-0.2, 0) is 20.1 Å². The van der Waals surface area contributed by atoms with Crippen LogP contribution >= 0.6 is 15.9 Å². The maximum Gasteiger partial charge on any atom is 0.332 e. The van der Waals surface area contributed by atoms with Gasteiger partial charge in [-0.05, 0) is 36.2 Å². The number of hydrogen-bond acceptors (Lipinski definition) is 3. The van der Waals surface area contributed by atoms with E-state index in [2.05, 4.69) is 20.9 Å². The van der Waals surface area contributed by atoms with Crippen LogP contribution in [0.5, 0.6) is 0 Å². The largest absolute Gasteiger partial charge is 0.332 e. The molecule has 0 saturated heterocycles. The van der Waals surface area contributed by atoms with Crippen LogP contribution in [0.25, 0.3) is 11.2 Å². The van der Waals surface area contributed by atoms with Gasteiger partial charge in [0.2, 0.25) is 0 Å². The number of halogens is 1. The van der Waals surface area contributed by atoms with Crippen LogP contribution in [0, 0.1) is 0 Å². The second-order valence-corrected chi connectivity index (χ2v) is 5.95.